The summed E-state index contributed by atoms with van der Waals surface area (Å²) in [4.78, 5) is 39.4. The van der Waals surface area contributed by atoms with E-state index in [0.29, 0.717) is 42.3 Å². The number of hydrogen-bond donors (Lipinski definition) is 4. The molecule has 2 aromatic heterocycles. The highest BCUT2D eigenvalue weighted by Gasteiger charge is 2.33. The average molecular weight is 668 g/mol. The summed E-state index contributed by atoms with van der Waals surface area (Å²) >= 11 is 1.22. The van der Waals surface area contributed by atoms with E-state index in [1.165, 1.54) is 18.9 Å². The van der Waals surface area contributed by atoms with Gasteiger partial charge in [-0.2, -0.15) is 13.2 Å². The van der Waals surface area contributed by atoms with Crippen molar-refractivity contribution in [2.45, 2.75) is 42.5 Å². The lowest BCUT2D eigenvalue weighted by Gasteiger charge is -2.37. The number of alkyl carbamates (subject to hydrolysis) is 2. The quantitative estimate of drug-likeness (QED) is 0.196. The third-order valence-corrected chi connectivity index (χ3v) is 7.47. The molecule has 4 rings (SSSR count). The number of carbonyl (C=O) groups excluding carboxylic acids is 3. The Bertz CT molecular complexity index is 1450. The molecule has 1 aliphatic rings. The highest BCUT2D eigenvalue weighted by Crippen LogP contribution is 2.27. The van der Waals surface area contributed by atoms with Gasteiger partial charge in [0.15, 0.2) is 0 Å². The van der Waals surface area contributed by atoms with E-state index in [-0.39, 0.29) is 24.5 Å². The molecule has 3 aromatic rings. The van der Waals surface area contributed by atoms with Gasteiger partial charge in [0.1, 0.15) is 19.7 Å². The third kappa shape index (κ3) is 11.2. The molecule has 248 valence electrons. The van der Waals surface area contributed by atoms with Gasteiger partial charge in [-0.05, 0) is 36.6 Å². The maximum absolute atomic E-state index is 12.5. The lowest BCUT2D eigenvalue weighted by Crippen LogP contribution is -2.56. The van der Waals surface area contributed by atoms with Crippen LogP contribution in [0.15, 0.2) is 58.4 Å². The van der Waals surface area contributed by atoms with Crippen LogP contribution < -0.4 is 21.3 Å². The Morgan fingerprint density at radius 2 is 1.87 bits per heavy atom. The summed E-state index contributed by atoms with van der Waals surface area (Å²) < 4.78 is 59.1. The number of halogens is 3. The molecule has 0 radical (unpaired) electrons. The smallest absolute Gasteiger partial charge is 0.407 e. The van der Waals surface area contributed by atoms with Crippen molar-refractivity contribution in [2.24, 2.45) is 0 Å². The summed E-state index contributed by atoms with van der Waals surface area (Å²) in [6.07, 6.45) is -3.12. The number of pyridine rings is 1. The van der Waals surface area contributed by atoms with Crippen LogP contribution in [0, 0.1) is 0 Å². The number of alkyl halides is 3. The topological polar surface area (TPSA) is 179 Å². The molecular formula is C28H32F3N7O7S. The van der Waals surface area contributed by atoms with Crippen molar-refractivity contribution in [1.29, 1.82) is 0 Å². The van der Waals surface area contributed by atoms with Crippen LogP contribution in [0.25, 0.3) is 11.5 Å². The van der Waals surface area contributed by atoms with Crippen molar-refractivity contribution < 1.29 is 46.2 Å². The van der Waals surface area contributed by atoms with Gasteiger partial charge in [-0.25, -0.2) is 9.59 Å². The molecule has 46 heavy (non-hydrogen) atoms. The molecule has 3 heterocycles. The maximum atomic E-state index is 12.5. The fourth-order valence-electron chi connectivity index (χ4n) is 4.31. The Morgan fingerprint density at radius 3 is 2.63 bits per heavy atom. The van der Waals surface area contributed by atoms with Crippen molar-refractivity contribution in [1.82, 2.24) is 31.1 Å². The number of nitrogens with one attached hydrogen (secondary N) is 4. The van der Waals surface area contributed by atoms with Gasteiger partial charge in [-0.15, -0.1) is 10.2 Å². The lowest BCUT2D eigenvalue weighted by atomic mass is 10.0. The van der Waals surface area contributed by atoms with Crippen molar-refractivity contribution in [3.8, 4) is 11.5 Å². The first-order chi connectivity index (χ1) is 22.1. The second-order valence-electron chi connectivity index (χ2n) is 9.89. The summed E-state index contributed by atoms with van der Waals surface area (Å²) in [5.74, 6) is 0.166. The predicted molar refractivity (Wildman–Crippen MR) is 158 cm³/mol. The van der Waals surface area contributed by atoms with E-state index < -0.39 is 43.0 Å². The van der Waals surface area contributed by atoms with Gasteiger partial charge in [-0.1, -0.05) is 30.0 Å². The Labute approximate surface area is 265 Å². The van der Waals surface area contributed by atoms with Crippen LogP contribution in [0.3, 0.4) is 0 Å². The molecule has 1 unspecified atom stereocenters. The molecule has 0 spiro atoms. The largest absolute Gasteiger partial charge is 0.453 e. The fraction of sp³-hybridized carbons (Fsp3) is 0.429. The molecule has 14 nitrogen and oxygen atoms in total. The zero-order chi connectivity index (χ0) is 32.9. The van der Waals surface area contributed by atoms with Gasteiger partial charge in [0.05, 0.1) is 25.4 Å². The van der Waals surface area contributed by atoms with Crippen molar-refractivity contribution in [2.75, 3.05) is 44.4 Å². The number of carbonyl (C=O) groups is 3. The van der Waals surface area contributed by atoms with E-state index in [1.54, 1.807) is 42.0 Å². The number of methoxy groups -OCH3 is 1. The van der Waals surface area contributed by atoms with E-state index in [4.69, 9.17) is 13.9 Å². The van der Waals surface area contributed by atoms with Crippen LogP contribution in [0.5, 0.6) is 0 Å². The third-order valence-electron chi connectivity index (χ3n) is 6.56. The normalized spacial score (nSPS) is 18.0. The SMILES string of the molecule is COC(=O)NCC(=O)Nc1ccccc1CC[C@@H]1CN[C@H](COC(=O)NCC(F)(F)F)C(CSc2nnc(-c3ccncc3)o2)O1. The van der Waals surface area contributed by atoms with Crippen LogP contribution in [0.4, 0.5) is 28.4 Å². The minimum Gasteiger partial charge on any atom is -0.453 e. The monoisotopic (exact) mass is 667 g/mol. The van der Waals surface area contributed by atoms with Crippen molar-refractivity contribution in [3.05, 3.63) is 54.4 Å². The van der Waals surface area contributed by atoms with Crippen LogP contribution >= 0.6 is 11.8 Å². The first kappa shape index (κ1) is 34.5. The van der Waals surface area contributed by atoms with Gasteiger partial charge < -0.3 is 39.9 Å². The molecule has 4 N–H and O–H groups in total. The van der Waals surface area contributed by atoms with Crippen LogP contribution in [-0.4, -0.2) is 96.8 Å². The first-order valence-electron chi connectivity index (χ1n) is 14.0. The van der Waals surface area contributed by atoms with Crippen LogP contribution in [-0.2, 0) is 25.4 Å². The molecular weight excluding hydrogens is 635 g/mol. The maximum Gasteiger partial charge on any atom is 0.407 e. The number of para-hydroxylation sites is 1. The van der Waals surface area contributed by atoms with Crippen LogP contribution in [0.1, 0.15) is 12.0 Å². The van der Waals surface area contributed by atoms with Crippen molar-refractivity contribution >= 4 is 35.5 Å². The van der Waals surface area contributed by atoms with Gasteiger partial charge in [0.25, 0.3) is 5.22 Å². The number of thioether (sulfide) groups is 1. The van der Waals surface area contributed by atoms with E-state index in [2.05, 4.69) is 35.9 Å². The average Bonchev–Trinajstić information content (AvgIpc) is 3.53. The summed E-state index contributed by atoms with van der Waals surface area (Å²) in [5, 5.41) is 18.4. The zero-order valence-corrected chi connectivity index (χ0v) is 25.4. The van der Waals surface area contributed by atoms with Crippen LogP contribution in [0.2, 0.25) is 0 Å². The van der Waals surface area contributed by atoms with Gasteiger partial charge >= 0.3 is 18.4 Å². The highest BCUT2D eigenvalue weighted by atomic mass is 32.2. The lowest BCUT2D eigenvalue weighted by molar-refractivity contribution is -0.124. The summed E-state index contributed by atoms with van der Waals surface area (Å²) in [7, 11) is 1.20. The number of rotatable bonds is 13. The molecule has 0 bridgehead atoms. The molecule has 1 fully saturated rings. The number of nitrogens with zero attached hydrogens (tertiary/aromatic N) is 3. The Morgan fingerprint density at radius 1 is 1.09 bits per heavy atom. The number of aryl methyl sites for hydroxylation is 1. The summed E-state index contributed by atoms with van der Waals surface area (Å²) in [6, 6.07) is 10.1. The van der Waals surface area contributed by atoms with Crippen molar-refractivity contribution in [3.63, 3.8) is 0 Å². The molecule has 0 saturated carbocycles. The Hall–Kier alpha value is -4.42. The molecule has 3 atom stereocenters. The Kier molecular flexibility index (Phi) is 12.6. The fourth-order valence-corrected chi connectivity index (χ4v) is 5.17. The van der Waals surface area contributed by atoms with E-state index in [9.17, 15) is 27.6 Å². The second kappa shape index (κ2) is 16.8. The Balaban J connectivity index is 1.36. The number of hydrogen-bond acceptors (Lipinski definition) is 12. The number of benzene rings is 1. The summed E-state index contributed by atoms with van der Waals surface area (Å²) in [5.41, 5.74) is 2.11. The summed E-state index contributed by atoms with van der Waals surface area (Å²) in [6.45, 7) is -1.66. The molecule has 18 heteroatoms. The molecule has 1 saturated heterocycles. The van der Waals surface area contributed by atoms with Gasteiger partial charge in [0.2, 0.25) is 11.8 Å². The van der Waals surface area contributed by atoms with Gasteiger partial charge in [-0.3, -0.25) is 9.78 Å². The van der Waals surface area contributed by atoms with Gasteiger partial charge in [0, 0.05) is 35.9 Å². The zero-order valence-electron chi connectivity index (χ0n) is 24.5. The predicted octanol–water partition coefficient (Wildman–Crippen LogP) is 3.17. The standard InChI is InChI=1S/C28H32F3N7O7S/c1-42-25(40)34-13-23(39)36-20-5-3-2-4-17(20)6-7-19-12-33-21(14-43-26(41)35-16-28(29,30)31)22(44-19)15-46-27-38-37-24(45-27)18-8-10-32-11-9-18/h2-5,8-11,19,21-22,33H,6-7,12-16H2,1H3,(H,34,40)(H,35,41)(H,36,39)/t19-,21-,22?/m1/s1. The minimum absolute atomic E-state index is 0.248. The number of aromatic nitrogens is 3. The number of morpholine rings is 1. The second-order valence-corrected chi connectivity index (χ2v) is 10.9. The van der Waals surface area contributed by atoms with E-state index in [1.807, 2.05) is 12.1 Å². The number of anilines is 1. The van der Waals surface area contributed by atoms with E-state index in [0.717, 1.165) is 5.56 Å². The number of amides is 3. The highest BCUT2D eigenvalue weighted by molar-refractivity contribution is 7.99. The minimum atomic E-state index is -4.57. The molecule has 0 aliphatic carbocycles. The first-order valence-corrected chi connectivity index (χ1v) is 15.0. The molecule has 1 aliphatic heterocycles. The van der Waals surface area contributed by atoms with E-state index >= 15 is 0 Å². The molecule has 3 amide bonds. The number of ether oxygens (including phenoxy) is 3. The molecule has 1 aromatic carbocycles.